The highest BCUT2D eigenvalue weighted by atomic mass is 32.2. The van der Waals surface area contributed by atoms with Crippen molar-refractivity contribution in [2.24, 2.45) is 0 Å². The van der Waals surface area contributed by atoms with E-state index in [0.29, 0.717) is 42.1 Å². The standard InChI is InChI=1S/C22H29N5O4S2/c1-17-5-7-18(8-6-17)33(30,31)27-12-4-11-26(13-14-27)16-22-23-20-10-9-19(15-21(20)24-22)32(28,29)25(2)3/h5-10,15H,4,11-14,16H2,1-3H3,(H,23,24). The van der Waals surface area contributed by atoms with E-state index in [0.717, 1.165) is 24.4 Å². The number of aromatic amines is 1. The molecule has 1 fully saturated rings. The fraction of sp³-hybridized carbons (Fsp3) is 0.409. The summed E-state index contributed by atoms with van der Waals surface area (Å²) in [5.74, 6) is 0.722. The molecule has 9 nitrogen and oxygen atoms in total. The number of fused-ring (bicyclic) bond motifs is 1. The van der Waals surface area contributed by atoms with Crippen LogP contribution in [-0.2, 0) is 26.6 Å². The number of hydrogen-bond donors (Lipinski definition) is 1. The monoisotopic (exact) mass is 491 g/mol. The Morgan fingerprint density at radius 1 is 0.939 bits per heavy atom. The Balaban J connectivity index is 1.46. The Morgan fingerprint density at radius 3 is 2.33 bits per heavy atom. The van der Waals surface area contributed by atoms with Gasteiger partial charge >= 0.3 is 0 Å². The number of H-pyrrole nitrogens is 1. The number of nitrogens with zero attached hydrogens (tertiary/aromatic N) is 4. The lowest BCUT2D eigenvalue weighted by atomic mass is 10.2. The van der Waals surface area contributed by atoms with Gasteiger partial charge in [0.25, 0.3) is 0 Å². The fourth-order valence-corrected chi connectivity index (χ4v) is 6.30. The molecule has 3 aromatic rings. The minimum atomic E-state index is -3.52. The maximum absolute atomic E-state index is 13.0. The van der Waals surface area contributed by atoms with Crippen LogP contribution in [0.3, 0.4) is 0 Å². The molecule has 1 aliphatic rings. The Hall–Kier alpha value is -2.31. The third kappa shape index (κ3) is 4.97. The molecule has 0 bridgehead atoms. The summed E-state index contributed by atoms with van der Waals surface area (Å²) >= 11 is 0. The maximum Gasteiger partial charge on any atom is 0.243 e. The molecule has 11 heteroatoms. The third-order valence-electron chi connectivity index (χ3n) is 5.86. The van der Waals surface area contributed by atoms with Crippen molar-refractivity contribution >= 4 is 31.1 Å². The van der Waals surface area contributed by atoms with Crippen LogP contribution >= 0.6 is 0 Å². The number of rotatable bonds is 6. The lowest BCUT2D eigenvalue weighted by Gasteiger charge is -2.21. The fourth-order valence-electron chi connectivity index (χ4n) is 3.90. The SMILES string of the molecule is Cc1ccc(S(=O)(=O)N2CCCN(Cc3nc4ccc(S(=O)(=O)N(C)C)cc4[nH]3)CC2)cc1. The van der Waals surface area contributed by atoms with Crippen molar-refractivity contribution < 1.29 is 16.8 Å². The zero-order valence-electron chi connectivity index (χ0n) is 19.0. The lowest BCUT2D eigenvalue weighted by Crippen LogP contribution is -2.35. The lowest BCUT2D eigenvalue weighted by molar-refractivity contribution is 0.273. The second-order valence-corrected chi connectivity index (χ2v) is 12.6. The Kier molecular flexibility index (Phi) is 6.61. The van der Waals surface area contributed by atoms with E-state index in [1.165, 1.54) is 18.4 Å². The van der Waals surface area contributed by atoms with Crippen LogP contribution in [0.2, 0.25) is 0 Å². The van der Waals surface area contributed by atoms with E-state index in [9.17, 15) is 16.8 Å². The minimum Gasteiger partial charge on any atom is -0.341 e. The number of benzene rings is 2. The van der Waals surface area contributed by atoms with Gasteiger partial charge in [0.05, 0.1) is 27.4 Å². The molecule has 0 atom stereocenters. The molecule has 1 aromatic heterocycles. The van der Waals surface area contributed by atoms with Crippen molar-refractivity contribution in [1.82, 2.24) is 23.5 Å². The average molecular weight is 492 g/mol. The topological polar surface area (TPSA) is 107 Å². The quantitative estimate of drug-likeness (QED) is 0.565. The molecule has 0 amide bonds. The Morgan fingerprint density at radius 2 is 1.64 bits per heavy atom. The van der Waals surface area contributed by atoms with Gasteiger partial charge in [0.2, 0.25) is 20.0 Å². The first-order valence-corrected chi connectivity index (χ1v) is 13.7. The predicted octanol–water partition coefficient (Wildman–Crippen LogP) is 2.02. The number of hydrogen-bond acceptors (Lipinski definition) is 6. The van der Waals surface area contributed by atoms with Crippen molar-refractivity contribution in [3.05, 3.63) is 53.9 Å². The molecule has 178 valence electrons. The van der Waals surface area contributed by atoms with Gasteiger partial charge in [-0.1, -0.05) is 17.7 Å². The normalized spacial score (nSPS) is 17.0. The second-order valence-electron chi connectivity index (χ2n) is 8.50. The van der Waals surface area contributed by atoms with Gasteiger partial charge in [-0.25, -0.2) is 26.1 Å². The maximum atomic E-state index is 13.0. The molecule has 0 spiro atoms. The molecule has 1 saturated heterocycles. The molecular formula is C22H29N5O4S2. The molecule has 4 rings (SSSR count). The molecule has 0 saturated carbocycles. The average Bonchev–Trinajstić information content (AvgIpc) is 3.01. The molecule has 1 aliphatic heterocycles. The van der Waals surface area contributed by atoms with Crippen LogP contribution in [-0.4, -0.2) is 80.6 Å². The largest absolute Gasteiger partial charge is 0.341 e. The van der Waals surface area contributed by atoms with E-state index in [2.05, 4.69) is 14.9 Å². The third-order valence-corrected chi connectivity index (χ3v) is 9.58. The zero-order chi connectivity index (χ0) is 23.8. The zero-order valence-corrected chi connectivity index (χ0v) is 20.7. The first kappa shape index (κ1) is 23.8. The Labute approximate surface area is 195 Å². The number of sulfonamides is 2. The van der Waals surface area contributed by atoms with E-state index in [-0.39, 0.29) is 4.90 Å². The van der Waals surface area contributed by atoms with Crippen molar-refractivity contribution in [1.29, 1.82) is 0 Å². The van der Waals surface area contributed by atoms with Crippen molar-refractivity contribution in [2.75, 3.05) is 40.3 Å². The number of aryl methyl sites for hydroxylation is 1. The van der Waals surface area contributed by atoms with Gasteiger partial charge in [0.15, 0.2) is 0 Å². The predicted molar refractivity (Wildman–Crippen MR) is 127 cm³/mol. The van der Waals surface area contributed by atoms with E-state index in [4.69, 9.17) is 0 Å². The van der Waals surface area contributed by atoms with Crippen LogP contribution < -0.4 is 0 Å². The summed E-state index contributed by atoms with van der Waals surface area (Å²) in [6, 6.07) is 11.8. The minimum absolute atomic E-state index is 0.210. The van der Waals surface area contributed by atoms with Crippen LogP contribution in [0, 0.1) is 6.92 Å². The highest BCUT2D eigenvalue weighted by Gasteiger charge is 2.27. The molecule has 2 aromatic carbocycles. The summed E-state index contributed by atoms with van der Waals surface area (Å²) in [6.45, 7) is 4.67. The van der Waals surface area contributed by atoms with Crippen molar-refractivity contribution in [2.45, 2.75) is 29.7 Å². The molecule has 2 heterocycles. The van der Waals surface area contributed by atoms with Crippen LogP contribution in [0.5, 0.6) is 0 Å². The smallest absolute Gasteiger partial charge is 0.243 e. The van der Waals surface area contributed by atoms with E-state index in [1.54, 1.807) is 34.6 Å². The van der Waals surface area contributed by atoms with E-state index >= 15 is 0 Å². The summed E-state index contributed by atoms with van der Waals surface area (Å²) < 4.78 is 53.6. The molecule has 0 unspecified atom stereocenters. The van der Waals surface area contributed by atoms with Gasteiger partial charge in [-0.3, -0.25) is 4.90 Å². The summed E-state index contributed by atoms with van der Waals surface area (Å²) in [4.78, 5) is 10.5. The molecule has 0 aliphatic carbocycles. The summed E-state index contributed by atoms with van der Waals surface area (Å²) in [5, 5.41) is 0. The number of nitrogens with one attached hydrogen (secondary N) is 1. The van der Waals surface area contributed by atoms with Crippen LogP contribution in [0.4, 0.5) is 0 Å². The first-order valence-electron chi connectivity index (χ1n) is 10.8. The van der Waals surface area contributed by atoms with Crippen molar-refractivity contribution in [3.63, 3.8) is 0 Å². The van der Waals surface area contributed by atoms with Gasteiger partial charge in [-0.15, -0.1) is 0 Å². The summed E-state index contributed by atoms with van der Waals surface area (Å²) in [7, 11) is -4.05. The molecule has 1 N–H and O–H groups in total. The van der Waals surface area contributed by atoms with Gasteiger partial charge in [0, 0.05) is 33.7 Å². The number of imidazole rings is 1. The van der Waals surface area contributed by atoms with Crippen LogP contribution in [0.15, 0.2) is 52.3 Å². The highest BCUT2D eigenvalue weighted by molar-refractivity contribution is 7.89. The molecule has 33 heavy (non-hydrogen) atoms. The number of aromatic nitrogens is 2. The van der Waals surface area contributed by atoms with Gasteiger partial charge in [-0.2, -0.15) is 4.31 Å². The van der Waals surface area contributed by atoms with Crippen LogP contribution in [0.25, 0.3) is 11.0 Å². The Bertz CT molecular complexity index is 1350. The summed E-state index contributed by atoms with van der Waals surface area (Å²) in [6.07, 6.45) is 0.719. The van der Waals surface area contributed by atoms with E-state index in [1.807, 2.05) is 19.1 Å². The van der Waals surface area contributed by atoms with Gasteiger partial charge in [0.1, 0.15) is 5.82 Å². The van der Waals surface area contributed by atoms with Gasteiger partial charge in [-0.05, 0) is 50.2 Å². The molecule has 0 radical (unpaired) electrons. The highest BCUT2D eigenvalue weighted by Crippen LogP contribution is 2.21. The van der Waals surface area contributed by atoms with E-state index < -0.39 is 20.0 Å². The van der Waals surface area contributed by atoms with Crippen molar-refractivity contribution in [3.8, 4) is 0 Å². The van der Waals surface area contributed by atoms with Gasteiger partial charge < -0.3 is 4.98 Å². The molecular weight excluding hydrogens is 462 g/mol. The first-order chi connectivity index (χ1) is 15.6. The second kappa shape index (κ2) is 9.15. The van der Waals surface area contributed by atoms with Crippen LogP contribution in [0.1, 0.15) is 17.8 Å². The summed E-state index contributed by atoms with van der Waals surface area (Å²) in [5.41, 5.74) is 2.38.